The van der Waals surface area contributed by atoms with Crippen molar-refractivity contribution in [2.24, 2.45) is 5.92 Å². The molecule has 0 N–H and O–H groups in total. The monoisotopic (exact) mass is 424 g/mol. The Balaban J connectivity index is 1.94. The lowest BCUT2D eigenvalue weighted by Crippen LogP contribution is -2.33. The minimum Gasteiger partial charge on any atom is -0.464 e. The summed E-state index contributed by atoms with van der Waals surface area (Å²) in [5, 5.41) is 0.699. The highest BCUT2D eigenvalue weighted by Crippen LogP contribution is 2.35. The van der Waals surface area contributed by atoms with E-state index in [9.17, 15) is 9.59 Å². The molecule has 6 heteroatoms. The second kappa shape index (κ2) is 8.72. The van der Waals surface area contributed by atoms with Crippen molar-refractivity contribution in [1.29, 1.82) is 0 Å². The van der Waals surface area contributed by atoms with Crippen LogP contribution in [-0.2, 0) is 22.4 Å². The quantitative estimate of drug-likeness (QED) is 0.513. The van der Waals surface area contributed by atoms with Crippen LogP contribution in [0.2, 0.25) is 0 Å². The number of rotatable bonds is 6. The molecule has 1 aliphatic carbocycles. The van der Waals surface area contributed by atoms with Gasteiger partial charge in [0.1, 0.15) is 16.7 Å². The second-order valence-electron chi connectivity index (χ2n) is 8.32. The summed E-state index contributed by atoms with van der Waals surface area (Å²) in [5.41, 5.74) is 1.85. The Bertz CT molecular complexity index is 1110. The number of esters is 1. The van der Waals surface area contributed by atoms with E-state index in [0.29, 0.717) is 24.2 Å². The van der Waals surface area contributed by atoms with E-state index >= 15 is 0 Å². The molecule has 158 valence electrons. The van der Waals surface area contributed by atoms with E-state index in [1.807, 2.05) is 51.1 Å². The molecule has 2 heterocycles. The topological polar surface area (TPSA) is 61.2 Å². The molecule has 3 aromatic rings. The highest BCUT2D eigenvalue weighted by atomic mass is 32.1. The lowest BCUT2D eigenvalue weighted by atomic mass is 9.97. The smallest absolute Gasteiger partial charge is 0.329 e. The summed E-state index contributed by atoms with van der Waals surface area (Å²) in [5.74, 6) is 0.414. The average Bonchev–Trinajstić information content (AvgIpc) is 3.13. The van der Waals surface area contributed by atoms with Gasteiger partial charge in [-0.15, -0.1) is 11.3 Å². The predicted molar refractivity (Wildman–Crippen MR) is 121 cm³/mol. The number of carbonyl (C=O) groups is 1. The molecular weight excluding hydrogens is 396 g/mol. The average molecular weight is 425 g/mol. The molecule has 4 rings (SSSR count). The fourth-order valence-corrected chi connectivity index (χ4v) is 5.35. The van der Waals surface area contributed by atoms with Crippen LogP contribution in [0.4, 0.5) is 0 Å². The van der Waals surface area contributed by atoms with E-state index in [1.54, 1.807) is 15.9 Å². The number of aromatic nitrogens is 2. The van der Waals surface area contributed by atoms with Gasteiger partial charge in [0, 0.05) is 10.4 Å². The number of hydrogen-bond acceptors (Lipinski definition) is 5. The number of aryl methyl sites for hydroxylation is 2. The van der Waals surface area contributed by atoms with Gasteiger partial charge in [-0.3, -0.25) is 9.36 Å². The summed E-state index contributed by atoms with van der Waals surface area (Å²) in [6.45, 7) is 6.26. The number of thiophene rings is 1. The molecule has 5 nitrogen and oxygen atoms in total. The van der Waals surface area contributed by atoms with Gasteiger partial charge in [0.05, 0.1) is 12.0 Å². The minimum absolute atomic E-state index is 0.119. The lowest BCUT2D eigenvalue weighted by molar-refractivity contribution is -0.148. The molecule has 0 spiro atoms. The van der Waals surface area contributed by atoms with Crippen LogP contribution < -0.4 is 5.56 Å². The number of hydrogen-bond donors (Lipinski definition) is 0. The van der Waals surface area contributed by atoms with Crippen molar-refractivity contribution in [2.45, 2.75) is 58.9 Å². The molecule has 1 aliphatic rings. The molecule has 2 aromatic heterocycles. The molecule has 0 saturated heterocycles. The van der Waals surface area contributed by atoms with Crippen LogP contribution in [0.15, 0.2) is 35.1 Å². The third-order valence-electron chi connectivity index (χ3n) is 5.58. The second-order valence-corrected chi connectivity index (χ2v) is 9.40. The predicted octanol–water partition coefficient (Wildman–Crippen LogP) is 5.15. The maximum atomic E-state index is 13.8. The molecule has 1 unspecified atom stereocenters. The zero-order valence-electron chi connectivity index (χ0n) is 17.8. The van der Waals surface area contributed by atoms with E-state index in [1.165, 1.54) is 4.88 Å². The molecule has 0 bridgehead atoms. The van der Waals surface area contributed by atoms with Gasteiger partial charge in [-0.2, -0.15) is 0 Å². The SMILES string of the molecule is CCC(C(=O)OCC(C)C)n1c(-c2ccccc2)nc2sc3c(c2c1=O)CCCC3. The Morgan fingerprint density at radius 2 is 1.93 bits per heavy atom. The minimum atomic E-state index is -0.692. The highest BCUT2D eigenvalue weighted by molar-refractivity contribution is 7.18. The Morgan fingerprint density at radius 3 is 2.63 bits per heavy atom. The summed E-state index contributed by atoms with van der Waals surface area (Å²) >= 11 is 1.63. The van der Waals surface area contributed by atoms with Crippen LogP contribution in [-0.4, -0.2) is 22.1 Å². The number of nitrogens with zero attached hydrogens (tertiary/aromatic N) is 2. The van der Waals surface area contributed by atoms with E-state index < -0.39 is 6.04 Å². The molecule has 0 aliphatic heterocycles. The molecule has 30 heavy (non-hydrogen) atoms. The van der Waals surface area contributed by atoms with Crippen molar-refractivity contribution in [1.82, 2.24) is 9.55 Å². The van der Waals surface area contributed by atoms with E-state index in [4.69, 9.17) is 9.72 Å². The first kappa shape index (κ1) is 20.8. The van der Waals surface area contributed by atoms with Crippen molar-refractivity contribution in [2.75, 3.05) is 6.61 Å². The van der Waals surface area contributed by atoms with Gasteiger partial charge in [-0.25, -0.2) is 9.78 Å². The highest BCUT2D eigenvalue weighted by Gasteiger charge is 2.29. The van der Waals surface area contributed by atoms with Crippen molar-refractivity contribution in [3.8, 4) is 11.4 Å². The number of ether oxygens (including phenoxy) is 1. The van der Waals surface area contributed by atoms with Gasteiger partial charge in [-0.1, -0.05) is 51.1 Å². The van der Waals surface area contributed by atoms with E-state index in [2.05, 4.69) is 0 Å². The number of carbonyl (C=O) groups excluding carboxylic acids is 1. The van der Waals surface area contributed by atoms with Gasteiger partial charge in [0.25, 0.3) is 5.56 Å². The number of benzene rings is 1. The van der Waals surface area contributed by atoms with Crippen molar-refractivity contribution in [3.63, 3.8) is 0 Å². The first-order chi connectivity index (χ1) is 14.5. The first-order valence-electron chi connectivity index (χ1n) is 10.8. The fraction of sp³-hybridized carbons (Fsp3) is 0.458. The van der Waals surface area contributed by atoms with Gasteiger partial charge < -0.3 is 4.74 Å². The zero-order chi connectivity index (χ0) is 21.3. The third kappa shape index (κ3) is 3.81. The maximum absolute atomic E-state index is 13.8. The molecule has 0 amide bonds. The molecule has 0 fully saturated rings. The molecular formula is C24H28N2O3S. The van der Waals surface area contributed by atoms with Crippen LogP contribution >= 0.6 is 11.3 Å². The Hall–Kier alpha value is -2.47. The zero-order valence-corrected chi connectivity index (χ0v) is 18.6. The summed E-state index contributed by atoms with van der Waals surface area (Å²) in [4.78, 5) is 33.8. The number of fused-ring (bicyclic) bond motifs is 3. The van der Waals surface area contributed by atoms with E-state index in [0.717, 1.165) is 41.6 Å². The van der Waals surface area contributed by atoms with Crippen molar-refractivity contribution < 1.29 is 9.53 Å². The Labute approximate surface area is 180 Å². The maximum Gasteiger partial charge on any atom is 0.329 e. The van der Waals surface area contributed by atoms with Gasteiger partial charge in [-0.05, 0) is 43.6 Å². The van der Waals surface area contributed by atoms with Gasteiger partial charge >= 0.3 is 5.97 Å². The van der Waals surface area contributed by atoms with Crippen LogP contribution in [0.3, 0.4) is 0 Å². The summed E-state index contributed by atoms with van der Waals surface area (Å²) in [6.07, 6.45) is 4.62. The normalized spacial score (nSPS) is 14.7. The summed E-state index contributed by atoms with van der Waals surface area (Å²) < 4.78 is 7.12. The van der Waals surface area contributed by atoms with Crippen LogP contribution in [0.1, 0.15) is 56.5 Å². The van der Waals surface area contributed by atoms with Crippen molar-refractivity contribution >= 4 is 27.5 Å². The molecule has 0 radical (unpaired) electrons. The largest absolute Gasteiger partial charge is 0.464 e. The standard InChI is InChI=1S/C24H28N2O3S/c1-4-18(24(28)29-14-15(2)3)26-21(16-10-6-5-7-11-16)25-22-20(23(26)27)17-12-8-9-13-19(17)30-22/h5-7,10-11,15,18H,4,8-9,12-14H2,1-3H3. The fourth-order valence-electron chi connectivity index (χ4n) is 4.10. The first-order valence-corrected chi connectivity index (χ1v) is 11.6. The van der Waals surface area contributed by atoms with Gasteiger partial charge in [0.15, 0.2) is 0 Å². The Morgan fingerprint density at radius 1 is 1.20 bits per heavy atom. The Kier molecular flexibility index (Phi) is 6.04. The van der Waals surface area contributed by atoms with Crippen LogP contribution in [0.5, 0.6) is 0 Å². The molecule has 0 saturated carbocycles. The van der Waals surface area contributed by atoms with Crippen LogP contribution in [0.25, 0.3) is 21.6 Å². The third-order valence-corrected chi connectivity index (χ3v) is 6.77. The molecule has 1 aromatic carbocycles. The summed E-state index contributed by atoms with van der Waals surface area (Å²) in [6, 6.07) is 8.96. The summed E-state index contributed by atoms with van der Waals surface area (Å²) in [7, 11) is 0. The van der Waals surface area contributed by atoms with Gasteiger partial charge in [0.2, 0.25) is 0 Å². The lowest BCUT2D eigenvalue weighted by Gasteiger charge is -2.21. The molecule has 1 atom stereocenters. The van der Waals surface area contributed by atoms with Crippen LogP contribution in [0, 0.1) is 5.92 Å². The van der Waals surface area contributed by atoms with Crippen molar-refractivity contribution in [3.05, 3.63) is 51.1 Å². The van der Waals surface area contributed by atoms with E-state index in [-0.39, 0.29) is 17.4 Å².